The van der Waals surface area contributed by atoms with Gasteiger partial charge >= 0.3 is 0 Å². The minimum atomic E-state index is 0.743. The van der Waals surface area contributed by atoms with Gasteiger partial charge in [-0.05, 0) is 31.0 Å². The Morgan fingerprint density at radius 3 is 2.70 bits per heavy atom. The van der Waals surface area contributed by atoms with Crippen LogP contribution in [0, 0.1) is 6.92 Å². The van der Waals surface area contributed by atoms with E-state index in [1.807, 2.05) is 29.9 Å². The Kier molecular flexibility index (Phi) is 3.37. The first kappa shape index (κ1) is 12.7. The van der Waals surface area contributed by atoms with Crippen molar-refractivity contribution >= 4 is 11.3 Å². The maximum absolute atomic E-state index is 4.40. The molecular weight excluding hydrogens is 248 g/mol. The van der Waals surface area contributed by atoms with E-state index in [0.29, 0.717) is 0 Å². The quantitative estimate of drug-likeness (QED) is 0.788. The lowest BCUT2D eigenvalue weighted by molar-refractivity contribution is 0.895. The van der Waals surface area contributed by atoms with Crippen LogP contribution in [0.1, 0.15) is 23.7 Å². The highest BCUT2D eigenvalue weighted by Gasteiger charge is 2.01. The van der Waals surface area contributed by atoms with E-state index in [1.54, 1.807) is 0 Å². The number of nitrogens with one attached hydrogen (secondary N) is 1. The number of fused-ring (bicyclic) bond motifs is 1. The van der Waals surface area contributed by atoms with Gasteiger partial charge in [0.05, 0.1) is 5.69 Å². The summed E-state index contributed by atoms with van der Waals surface area (Å²) >= 11 is 0. The van der Waals surface area contributed by atoms with E-state index in [2.05, 4.69) is 46.6 Å². The molecule has 0 fully saturated rings. The molecule has 3 aromatic rings. The van der Waals surface area contributed by atoms with Crippen molar-refractivity contribution in [2.75, 3.05) is 5.32 Å². The molecule has 0 radical (unpaired) electrons. The van der Waals surface area contributed by atoms with Gasteiger partial charge < -0.3 is 5.32 Å². The van der Waals surface area contributed by atoms with E-state index >= 15 is 0 Å². The van der Waals surface area contributed by atoms with Crippen LogP contribution in [0.4, 0.5) is 5.69 Å². The Balaban J connectivity index is 1.72. The Morgan fingerprint density at radius 1 is 1.15 bits per heavy atom. The standard InChI is InChI=1S/C16H18N4/c1-3-13-4-6-15(7-5-13)17-9-14-10-18-16-8-12(2)19-20(16)11-14/h4-8,10-11,17H,3,9H2,1-2H3. The molecule has 0 spiro atoms. The van der Waals surface area contributed by atoms with E-state index in [0.717, 1.165) is 35.6 Å². The molecule has 0 bridgehead atoms. The van der Waals surface area contributed by atoms with E-state index in [4.69, 9.17) is 0 Å². The first-order valence-electron chi connectivity index (χ1n) is 6.88. The molecule has 20 heavy (non-hydrogen) atoms. The molecule has 2 heterocycles. The minimum Gasteiger partial charge on any atom is -0.381 e. The Bertz CT molecular complexity index is 713. The van der Waals surface area contributed by atoms with Gasteiger partial charge in [0.1, 0.15) is 0 Å². The normalized spacial score (nSPS) is 10.9. The van der Waals surface area contributed by atoms with Crippen LogP contribution in [0.15, 0.2) is 42.7 Å². The van der Waals surface area contributed by atoms with Gasteiger partial charge in [0, 0.05) is 36.3 Å². The Labute approximate surface area is 118 Å². The highest BCUT2D eigenvalue weighted by atomic mass is 15.2. The van der Waals surface area contributed by atoms with E-state index in [-0.39, 0.29) is 0 Å². The number of rotatable bonds is 4. The molecule has 102 valence electrons. The summed E-state index contributed by atoms with van der Waals surface area (Å²) in [6.07, 6.45) is 4.98. The first-order chi connectivity index (χ1) is 9.74. The fourth-order valence-corrected chi connectivity index (χ4v) is 2.19. The SMILES string of the molecule is CCc1ccc(NCc2cnc3cc(C)nn3c2)cc1. The van der Waals surface area contributed by atoms with Crippen molar-refractivity contribution in [2.24, 2.45) is 0 Å². The van der Waals surface area contributed by atoms with Crippen LogP contribution in [-0.4, -0.2) is 14.6 Å². The lowest BCUT2D eigenvalue weighted by Crippen LogP contribution is -2.02. The fourth-order valence-electron chi connectivity index (χ4n) is 2.19. The van der Waals surface area contributed by atoms with Gasteiger partial charge in [-0.25, -0.2) is 9.50 Å². The molecule has 0 unspecified atom stereocenters. The Hall–Kier alpha value is -2.36. The molecule has 0 amide bonds. The first-order valence-corrected chi connectivity index (χ1v) is 6.88. The number of aromatic nitrogens is 3. The van der Waals surface area contributed by atoms with Gasteiger partial charge in [0.2, 0.25) is 0 Å². The summed E-state index contributed by atoms with van der Waals surface area (Å²) in [5, 5.41) is 7.78. The van der Waals surface area contributed by atoms with Crippen molar-refractivity contribution in [3.05, 3.63) is 59.5 Å². The van der Waals surface area contributed by atoms with Gasteiger partial charge in [0.25, 0.3) is 0 Å². The molecule has 3 rings (SSSR count). The Morgan fingerprint density at radius 2 is 1.95 bits per heavy atom. The molecule has 1 N–H and O–H groups in total. The van der Waals surface area contributed by atoms with Gasteiger partial charge in [0.15, 0.2) is 5.65 Å². The lowest BCUT2D eigenvalue weighted by Gasteiger charge is -2.07. The number of aryl methyl sites for hydroxylation is 2. The van der Waals surface area contributed by atoms with Gasteiger partial charge in [-0.1, -0.05) is 19.1 Å². The second-order valence-corrected chi connectivity index (χ2v) is 4.95. The molecular formula is C16H18N4. The van der Waals surface area contributed by atoms with Crippen LogP contribution in [0.25, 0.3) is 5.65 Å². The summed E-state index contributed by atoms with van der Waals surface area (Å²) in [5.41, 5.74) is 5.46. The largest absolute Gasteiger partial charge is 0.381 e. The second-order valence-electron chi connectivity index (χ2n) is 4.95. The number of hydrogen-bond donors (Lipinski definition) is 1. The smallest absolute Gasteiger partial charge is 0.155 e. The molecule has 4 nitrogen and oxygen atoms in total. The van der Waals surface area contributed by atoms with Crippen molar-refractivity contribution < 1.29 is 0 Å². The van der Waals surface area contributed by atoms with Crippen LogP contribution in [0.3, 0.4) is 0 Å². The van der Waals surface area contributed by atoms with Crippen molar-refractivity contribution in [3.8, 4) is 0 Å². The molecule has 0 aliphatic carbocycles. The van der Waals surface area contributed by atoms with Crippen LogP contribution in [0.5, 0.6) is 0 Å². The van der Waals surface area contributed by atoms with Crippen molar-refractivity contribution in [1.82, 2.24) is 14.6 Å². The summed E-state index contributed by atoms with van der Waals surface area (Å²) < 4.78 is 1.83. The number of hydrogen-bond acceptors (Lipinski definition) is 3. The van der Waals surface area contributed by atoms with Crippen molar-refractivity contribution in [3.63, 3.8) is 0 Å². The molecule has 0 saturated carbocycles. The molecule has 2 aromatic heterocycles. The summed E-state index contributed by atoms with van der Waals surface area (Å²) in [6.45, 7) is 4.88. The number of benzene rings is 1. The highest BCUT2D eigenvalue weighted by molar-refractivity contribution is 5.45. The topological polar surface area (TPSA) is 42.2 Å². The highest BCUT2D eigenvalue weighted by Crippen LogP contribution is 2.12. The van der Waals surface area contributed by atoms with Gasteiger partial charge in [-0.2, -0.15) is 5.10 Å². The summed E-state index contributed by atoms with van der Waals surface area (Å²) in [6, 6.07) is 10.5. The second kappa shape index (κ2) is 5.33. The number of anilines is 1. The minimum absolute atomic E-state index is 0.743. The van der Waals surface area contributed by atoms with Crippen LogP contribution < -0.4 is 5.32 Å². The molecule has 0 aliphatic rings. The fraction of sp³-hybridized carbons (Fsp3) is 0.250. The third kappa shape index (κ3) is 2.64. The summed E-state index contributed by atoms with van der Waals surface area (Å²) in [7, 11) is 0. The maximum atomic E-state index is 4.40. The van der Waals surface area contributed by atoms with E-state index in [9.17, 15) is 0 Å². The average Bonchev–Trinajstić information content (AvgIpc) is 2.85. The van der Waals surface area contributed by atoms with Crippen LogP contribution in [0.2, 0.25) is 0 Å². The average molecular weight is 266 g/mol. The summed E-state index contributed by atoms with van der Waals surface area (Å²) in [4.78, 5) is 4.40. The zero-order valence-electron chi connectivity index (χ0n) is 11.8. The molecule has 4 heteroatoms. The maximum Gasteiger partial charge on any atom is 0.155 e. The van der Waals surface area contributed by atoms with Crippen molar-refractivity contribution in [1.29, 1.82) is 0 Å². The van der Waals surface area contributed by atoms with Crippen LogP contribution in [-0.2, 0) is 13.0 Å². The lowest BCUT2D eigenvalue weighted by atomic mass is 10.1. The monoisotopic (exact) mass is 266 g/mol. The zero-order valence-corrected chi connectivity index (χ0v) is 11.8. The van der Waals surface area contributed by atoms with Gasteiger partial charge in [-0.15, -0.1) is 0 Å². The van der Waals surface area contributed by atoms with E-state index in [1.165, 1.54) is 5.56 Å². The number of nitrogens with zero attached hydrogens (tertiary/aromatic N) is 3. The molecule has 0 atom stereocenters. The predicted octanol–water partition coefficient (Wildman–Crippen LogP) is 3.21. The van der Waals surface area contributed by atoms with Gasteiger partial charge in [-0.3, -0.25) is 0 Å². The van der Waals surface area contributed by atoms with Crippen molar-refractivity contribution in [2.45, 2.75) is 26.8 Å². The zero-order chi connectivity index (χ0) is 13.9. The van der Waals surface area contributed by atoms with Crippen LogP contribution >= 0.6 is 0 Å². The third-order valence-electron chi connectivity index (χ3n) is 3.35. The molecule has 0 aliphatic heterocycles. The predicted molar refractivity (Wildman–Crippen MR) is 80.9 cm³/mol. The summed E-state index contributed by atoms with van der Waals surface area (Å²) in [5.74, 6) is 0. The van der Waals surface area contributed by atoms with E-state index < -0.39 is 0 Å². The molecule has 0 saturated heterocycles. The third-order valence-corrected chi connectivity index (χ3v) is 3.35. The molecule has 1 aromatic carbocycles.